The molecule has 2 unspecified atom stereocenters. The molecular formula is C11H19NOS. The van der Waals surface area contributed by atoms with E-state index in [0.29, 0.717) is 12.0 Å². The van der Waals surface area contributed by atoms with E-state index in [1.165, 1.54) is 5.56 Å². The van der Waals surface area contributed by atoms with Gasteiger partial charge in [0.2, 0.25) is 0 Å². The highest BCUT2D eigenvalue weighted by molar-refractivity contribution is 7.07. The first-order chi connectivity index (χ1) is 6.74. The van der Waals surface area contributed by atoms with E-state index in [1.807, 2.05) is 0 Å². The summed E-state index contributed by atoms with van der Waals surface area (Å²) < 4.78 is 5.07. The fraction of sp³-hybridized carbons (Fsp3) is 0.636. The maximum atomic E-state index is 5.07. The second kappa shape index (κ2) is 6.17. The van der Waals surface area contributed by atoms with Gasteiger partial charge in [0, 0.05) is 19.7 Å². The van der Waals surface area contributed by atoms with Crippen molar-refractivity contribution < 1.29 is 4.74 Å². The third kappa shape index (κ3) is 3.78. The quantitative estimate of drug-likeness (QED) is 0.784. The zero-order chi connectivity index (χ0) is 10.4. The van der Waals surface area contributed by atoms with Crippen molar-refractivity contribution in [1.82, 2.24) is 5.32 Å². The standard InChI is InChI=1S/C11H19NOS/c1-9(11-4-5-14-8-11)6-12-10(2)7-13-3/h4-5,8-10,12H,6-7H2,1-3H3. The van der Waals surface area contributed by atoms with Gasteiger partial charge in [0.15, 0.2) is 0 Å². The molecular weight excluding hydrogens is 194 g/mol. The van der Waals surface area contributed by atoms with E-state index in [4.69, 9.17) is 4.74 Å². The molecule has 0 radical (unpaired) electrons. The molecule has 0 saturated carbocycles. The minimum absolute atomic E-state index is 0.432. The van der Waals surface area contributed by atoms with Crippen LogP contribution in [0.3, 0.4) is 0 Å². The van der Waals surface area contributed by atoms with Crippen LogP contribution in [-0.2, 0) is 4.74 Å². The molecule has 2 atom stereocenters. The summed E-state index contributed by atoms with van der Waals surface area (Å²) in [6.45, 7) is 6.18. The molecule has 0 spiro atoms. The van der Waals surface area contributed by atoms with Gasteiger partial charge in [-0.2, -0.15) is 11.3 Å². The third-order valence-corrected chi connectivity index (χ3v) is 3.00. The summed E-state index contributed by atoms with van der Waals surface area (Å²) in [6.07, 6.45) is 0. The lowest BCUT2D eigenvalue weighted by molar-refractivity contribution is 0.171. The van der Waals surface area contributed by atoms with Gasteiger partial charge in [-0.1, -0.05) is 6.92 Å². The van der Waals surface area contributed by atoms with E-state index in [1.54, 1.807) is 18.4 Å². The Morgan fingerprint density at radius 2 is 2.29 bits per heavy atom. The lowest BCUT2D eigenvalue weighted by Crippen LogP contribution is -2.32. The molecule has 1 N–H and O–H groups in total. The first-order valence-corrected chi connectivity index (χ1v) is 5.92. The Morgan fingerprint density at radius 1 is 1.50 bits per heavy atom. The number of hydrogen-bond acceptors (Lipinski definition) is 3. The molecule has 2 nitrogen and oxygen atoms in total. The number of thiophene rings is 1. The van der Waals surface area contributed by atoms with Crippen LogP contribution in [0.1, 0.15) is 25.3 Å². The molecule has 0 bridgehead atoms. The minimum atomic E-state index is 0.432. The van der Waals surface area contributed by atoms with Crippen molar-refractivity contribution in [3.63, 3.8) is 0 Å². The van der Waals surface area contributed by atoms with E-state index in [-0.39, 0.29) is 0 Å². The molecule has 0 amide bonds. The molecule has 14 heavy (non-hydrogen) atoms. The Bertz CT molecular complexity index is 235. The van der Waals surface area contributed by atoms with E-state index < -0.39 is 0 Å². The van der Waals surface area contributed by atoms with Crippen molar-refractivity contribution in [2.75, 3.05) is 20.3 Å². The van der Waals surface area contributed by atoms with E-state index in [0.717, 1.165) is 13.2 Å². The highest BCUT2D eigenvalue weighted by Crippen LogP contribution is 2.17. The van der Waals surface area contributed by atoms with Crippen molar-refractivity contribution in [3.05, 3.63) is 22.4 Å². The lowest BCUT2D eigenvalue weighted by atomic mass is 10.1. The average Bonchev–Trinajstić information content (AvgIpc) is 2.67. The first-order valence-electron chi connectivity index (χ1n) is 4.98. The van der Waals surface area contributed by atoms with Gasteiger partial charge < -0.3 is 10.1 Å². The Hall–Kier alpha value is -0.380. The Kier molecular flexibility index (Phi) is 5.15. The van der Waals surface area contributed by atoms with Gasteiger partial charge in [-0.05, 0) is 35.2 Å². The molecule has 0 aliphatic carbocycles. The van der Waals surface area contributed by atoms with Crippen LogP contribution in [0.15, 0.2) is 16.8 Å². The maximum absolute atomic E-state index is 5.07. The Morgan fingerprint density at radius 3 is 2.86 bits per heavy atom. The smallest absolute Gasteiger partial charge is 0.0613 e. The van der Waals surface area contributed by atoms with Crippen molar-refractivity contribution in [3.8, 4) is 0 Å². The zero-order valence-electron chi connectivity index (χ0n) is 9.12. The summed E-state index contributed by atoms with van der Waals surface area (Å²) in [5.74, 6) is 0.584. The summed E-state index contributed by atoms with van der Waals surface area (Å²) >= 11 is 1.76. The SMILES string of the molecule is COCC(C)NCC(C)c1ccsc1. The molecule has 1 heterocycles. The molecule has 3 heteroatoms. The van der Waals surface area contributed by atoms with Crippen molar-refractivity contribution in [2.24, 2.45) is 0 Å². The Labute approximate surface area is 90.3 Å². The topological polar surface area (TPSA) is 21.3 Å². The summed E-state index contributed by atoms with van der Waals surface area (Å²) in [7, 11) is 1.74. The average molecular weight is 213 g/mol. The maximum Gasteiger partial charge on any atom is 0.0613 e. The molecule has 0 aliphatic rings. The van der Waals surface area contributed by atoms with Crippen molar-refractivity contribution in [1.29, 1.82) is 0 Å². The minimum Gasteiger partial charge on any atom is -0.383 e. The van der Waals surface area contributed by atoms with Gasteiger partial charge in [-0.15, -0.1) is 0 Å². The van der Waals surface area contributed by atoms with Crippen molar-refractivity contribution in [2.45, 2.75) is 25.8 Å². The molecule has 0 aliphatic heterocycles. The van der Waals surface area contributed by atoms with Crippen LogP contribution in [0.2, 0.25) is 0 Å². The van der Waals surface area contributed by atoms with Crippen LogP contribution >= 0.6 is 11.3 Å². The van der Waals surface area contributed by atoms with Crippen LogP contribution in [-0.4, -0.2) is 26.3 Å². The monoisotopic (exact) mass is 213 g/mol. The normalized spacial score (nSPS) is 15.4. The zero-order valence-corrected chi connectivity index (χ0v) is 9.93. The van der Waals surface area contributed by atoms with Gasteiger partial charge in [-0.3, -0.25) is 0 Å². The Balaban J connectivity index is 2.24. The summed E-state index contributed by atoms with van der Waals surface area (Å²) in [6, 6.07) is 2.62. The second-order valence-corrected chi connectivity index (χ2v) is 4.50. The lowest BCUT2D eigenvalue weighted by Gasteiger charge is -2.16. The predicted octanol–water partition coefficient (Wildman–Crippen LogP) is 2.48. The van der Waals surface area contributed by atoms with Crippen LogP contribution in [0.5, 0.6) is 0 Å². The second-order valence-electron chi connectivity index (χ2n) is 3.72. The molecule has 0 saturated heterocycles. The molecule has 0 fully saturated rings. The van der Waals surface area contributed by atoms with E-state index in [9.17, 15) is 0 Å². The van der Waals surface area contributed by atoms with E-state index in [2.05, 4.69) is 36.0 Å². The number of hydrogen-bond donors (Lipinski definition) is 1. The van der Waals surface area contributed by atoms with E-state index >= 15 is 0 Å². The van der Waals surface area contributed by atoms with Gasteiger partial charge in [0.1, 0.15) is 0 Å². The highest BCUT2D eigenvalue weighted by atomic mass is 32.1. The third-order valence-electron chi connectivity index (χ3n) is 2.30. The molecule has 1 aromatic rings. The summed E-state index contributed by atoms with van der Waals surface area (Å²) in [5.41, 5.74) is 1.42. The predicted molar refractivity (Wildman–Crippen MR) is 62.1 cm³/mol. The van der Waals surface area contributed by atoms with Gasteiger partial charge in [0.05, 0.1) is 6.61 Å². The van der Waals surface area contributed by atoms with Gasteiger partial charge in [-0.25, -0.2) is 0 Å². The van der Waals surface area contributed by atoms with Gasteiger partial charge in [0.25, 0.3) is 0 Å². The summed E-state index contributed by atoms with van der Waals surface area (Å²) in [5, 5.41) is 7.80. The molecule has 80 valence electrons. The largest absolute Gasteiger partial charge is 0.383 e. The molecule has 1 rings (SSSR count). The number of ether oxygens (including phenoxy) is 1. The van der Waals surface area contributed by atoms with Crippen LogP contribution in [0.4, 0.5) is 0 Å². The number of nitrogens with one attached hydrogen (secondary N) is 1. The summed E-state index contributed by atoms with van der Waals surface area (Å²) in [4.78, 5) is 0. The molecule has 0 aromatic carbocycles. The van der Waals surface area contributed by atoms with Crippen LogP contribution in [0.25, 0.3) is 0 Å². The fourth-order valence-electron chi connectivity index (χ4n) is 1.36. The fourth-order valence-corrected chi connectivity index (χ4v) is 2.14. The first kappa shape index (κ1) is 11.7. The highest BCUT2D eigenvalue weighted by Gasteiger charge is 2.07. The van der Waals surface area contributed by atoms with Crippen molar-refractivity contribution >= 4 is 11.3 Å². The van der Waals surface area contributed by atoms with Crippen LogP contribution in [0, 0.1) is 0 Å². The van der Waals surface area contributed by atoms with Crippen LogP contribution < -0.4 is 5.32 Å². The number of rotatable bonds is 6. The van der Waals surface area contributed by atoms with Gasteiger partial charge >= 0.3 is 0 Å². The number of methoxy groups -OCH3 is 1. The molecule has 1 aromatic heterocycles.